The normalized spacial score (nSPS) is 11.1. The Kier molecular flexibility index (Phi) is 3.97. The van der Waals surface area contributed by atoms with E-state index in [9.17, 15) is 4.79 Å². The van der Waals surface area contributed by atoms with Gasteiger partial charge in [0.2, 0.25) is 5.91 Å². The molecule has 88 valence electrons. The van der Waals surface area contributed by atoms with Gasteiger partial charge in [-0.2, -0.15) is 0 Å². The SMILES string of the molecule is COc1ccc(Br)c(NC(=O)C(C)(C)C)c1. The first kappa shape index (κ1) is 13.0. The third kappa shape index (κ3) is 3.23. The van der Waals surface area contributed by atoms with Gasteiger partial charge in [0.05, 0.1) is 12.8 Å². The Bertz CT molecular complexity index is 396. The van der Waals surface area contributed by atoms with E-state index in [1.165, 1.54) is 0 Å². The number of ether oxygens (including phenoxy) is 1. The van der Waals surface area contributed by atoms with Gasteiger partial charge in [-0.15, -0.1) is 0 Å². The van der Waals surface area contributed by atoms with Crippen LogP contribution in [0.15, 0.2) is 22.7 Å². The summed E-state index contributed by atoms with van der Waals surface area (Å²) in [4.78, 5) is 11.8. The summed E-state index contributed by atoms with van der Waals surface area (Å²) in [5, 5.41) is 2.86. The second-order valence-electron chi connectivity index (χ2n) is 4.55. The van der Waals surface area contributed by atoms with Crippen molar-refractivity contribution in [2.75, 3.05) is 12.4 Å². The molecule has 0 spiro atoms. The van der Waals surface area contributed by atoms with Gasteiger partial charge < -0.3 is 10.1 Å². The minimum absolute atomic E-state index is 0.0264. The molecule has 0 aromatic heterocycles. The van der Waals surface area contributed by atoms with E-state index >= 15 is 0 Å². The Balaban J connectivity index is 2.92. The molecule has 0 radical (unpaired) electrons. The fourth-order valence-electron chi connectivity index (χ4n) is 1.04. The Labute approximate surface area is 104 Å². The first-order valence-corrected chi connectivity index (χ1v) is 5.79. The lowest BCUT2D eigenvalue weighted by molar-refractivity contribution is -0.123. The number of carbonyl (C=O) groups excluding carboxylic acids is 1. The molecular formula is C12H16BrNO2. The molecule has 0 fully saturated rings. The number of rotatable bonds is 2. The monoisotopic (exact) mass is 285 g/mol. The van der Waals surface area contributed by atoms with Crippen LogP contribution >= 0.6 is 15.9 Å². The highest BCUT2D eigenvalue weighted by molar-refractivity contribution is 9.10. The maximum atomic E-state index is 11.8. The van der Waals surface area contributed by atoms with E-state index in [1.807, 2.05) is 32.9 Å². The highest BCUT2D eigenvalue weighted by Crippen LogP contribution is 2.28. The largest absolute Gasteiger partial charge is 0.497 e. The number of benzene rings is 1. The number of methoxy groups -OCH3 is 1. The highest BCUT2D eigenvalue weighted by Gasteiger charge is 2.21. The molecule has 0 aliphatic rings. The van der Waals surface area contributed by atoms with Gasteiger partial charge in [0.25, 0.3) is 0 Å². The van der Waals surface area contributed by atoms with Gasteiger partial charge in [0, 0.05) is 16.0 Å². The van der Waals surface area contributed by atoms with Crippen LogP contribution in [0.3, 0.4) is 0 Å². The van der Waals surface area contributed by atoms with Crippen molar-refractivity contribution in [3.05, 3.63) is 22.7 Å². The van der Waals surface area contributed by atoms with Crippen LogP contribution in [0.25, 0.3) is 0 Å². The van der Waals surface area contributed by atoms with E-state index in [0.717, 1.165) is 10.2 Å². The van der Waals surface area contributed by atoms with Gasteiger partial charge in [-0.25, -0.2) is 0 Å². The van der Waals surface area contributed by atoms with E-state index in [0.29, 0.717) is 5.75 Å². The zero-order valence-corrected chi connectivity index (χ0v) is 11.5. The van der Waals surface area contributed by atoms with E-state index in [-0.39, 0.29) is 5.91 Å². The molecule has 0 bridgehead atoms. The first-order chi connectivity index (χ1) is 7.34. The summed E-state index contributed by atoms with van der Waals surface area (Å²) in [6, 6.07) is 5.46. The summed E-state index contributed by atoms with van der Waals surface area (Å²) in [7, 11) is 1.60. The molecule has 0 atom stereocenters. The van der Waals surface area contributed by atoms with Crippen molar-refractivity contribution in [3.8, 4) is 5.75 Å². The van der Waals surface area contributed by atoms with Gasteiger partial charge in [-0.3, -0.25) is 4.79 Å². The van der Waals surface area contributed by atoms with Gasteiger partial charge in [0.1, 0.15) is 5.75 Å². The average molecular weight is 286 g/mol. The van der Waals surface area contributed by atoms with Gasteiger partial charge in [-0.05, 0) is 28.1 Å². The molecule has 3 nitrogen and oxygen atoms in total. The standard InChI is InChI=1S/C12H16BrNO2/c1-12(2,3)11(15)14-10-7-8(16-4)5-6-9(10)13/h5-7H,1-4H3,(H,14,15). The van der Waals surface area contributed by atoms with E-state index in [4.69, 9.17) is 4.74 Å². The summed E-state index contributed by atoms with van der Waals surface area (Å²) >= 11 is 3.38. The predicted octanol–water partition coefficient (Wildman–Crippen LogP) is 3.44. The number of amides is 1. The molecule has 1 rings (SSSR count). The van der Waals surface area contributed by atoms with Crippen LogP contribution in [0.5, 0.6) is 5.75 Å². The molecule has 1 N–H and O–H groups in total. The Morgan fingerprint density at radius 2 is 2.00 bits per heavy atom. The number of hydrogen-bond donors (Lipinski definition) is 1. The minimum Gasteiger partial charge on any atom is -0.497 e. The average Bonchev–Trinajstić information content (AvgIpc) is 2.19. The van der Waals surface area contributed by atoms with Crippen LogP contribution in [0, 0.1) is 5.41 Å². The van der Waals surface area contributed by atoms with Crippen LogP contribution in [0.2, 0.25) is 0 Å². The minimum atomic E-state index is -0.414. The lowest BCUT2D eigenvalue weighted by Gasteiger charge is -2.18. The highest BCUT2D eigenvalue weighted by atomic mass is 79.9. The molecule has 1 aromatic carbocycles. The number of halogens is 1. The Hall–Kier alpha value is -1.03. The molecule has 1 aromatic rings. The quantitative estimate of drug-likeness (QED) is 0.904. The topological polar surface area (TPSA) is 38.3 Å². The maximum Gasteiger partial charge on any atom is 0.229 e. The second kappa shape index (κ2) is 4.87. The van der Waals surface area contributed by atoms with Crippen molar-refractivity contribution < 1.29 is 9.53 Å². The first-order valence-electron chi connectivity index (χ1n) is 4.99. The zero-order valence-electron chi connectivity index (χ0n) is 9.93. The summed E-state index contributed by atoms with van der Waals surface area (Å²) < 4.78 is 5.94. The van der Waals surface area contributed by atoms with Crippen molar-refractivity contribution in [3.63, 3.8) is 0 Å². The molecule has 16 heavy (non-hydrogen) atoms. The van der Waals surface area contributed by atoms with Crippen LogP contribution in [-0.4, -0.2) is 13.0 Å². The van der Waals surface area contributed by atoms with Crippen molar-refractivity contribution in [1.82, 2.24) is 0 Å². The Morgan fingerprint density at radius 1 is 1.38 bits per heavy atom. The summed E-state index contributed by atoms with van der Waals surface area (Å²) in [6.45, 7) is 5.61. The summed E-state index contributed by atoms with van der Waals surface area (Å²) in [5.41, 5.74) is 0.307. The van der Waals surface area contributed by atoms with Crippen LogP contribution in [0.4, 0.5) is 5.69 Å². The second-order valence-corrected chi connectivity index (χ2v) is 5.40. The van der Waals surface area contributed by atoms with Crippen LogP contribution < -0.4 is 10.1 Å². The number of carbonyl (C=O) groups is 1. The molecular weight excluding hydrogens is 270 g/mol. The van der Waals surface area contributed by atoms with Crippen molar-refractivity contribution in [1.29, 1.82) is 0 Å². The lowest BCUT2D eigenvalue weighted by atomic mass is 9.95. The van der Waals surface area contributed by atoms with Crippen molar-refractivity contribution in [2.24, 2.45) is 5.41 Å². The molecule has 0 aliphatic carbocycles. The fraction of sp³-hybridized carbons (Fsp3) is 0.417. The summed E-state index contributed by atoms with van der Waals surface area (Å²) in [5.74, 6) is 0.689. The van der Waals surface area contributed by atoms with E-state index in [1.54, 1.807) is 13.2 Å². The van der Waals surface area contributed by atoms with Gasteiger partial charge >= 0.3 is 0 Å². The molecule has 4 heteroatoms. The molecule has 0 saturated carbocycles. The molecule has 0 saturated heterocycles. The smallest absolute Gasteiger partial charge is 0.229 e. The molecule has 0 heterocycles. The predicted molar refractivity (Wildman–Crippen MR) is 68.8 cm³/mol. The maximum absolute atomic E-state index is 11.8. The third-order valence-electron chi connectivity index (χ3n) is 2.10. The molecule has 0 aliphatic heterocycles. The van der Waals surface area contributed by atoms with Crippen molar-refractivity contribution >= 4 is 27.5 Å². The van der Waals surface area contributed by atoms with E-state index < -0.39 is 5.41 Å². The van der Waals surface area contributed by atoms with Gasteiger partial charge in [0.15, 0.2) is 0 Å². The lowest BCUT2D eigenvalue weighted by Crippen LogP contribution is -2.27. The van der Waals surface area contributed by atoms with Crippen LogP contribution in [0.1, 0.15) is 20.8 Å². The van der Waals surface area contributed by atoms with Crippen LogP contribution in [-0.2, 0) is 4.79 Å². The number of hydrogen-bond acceptors (Lipinski definition) is 2. The van der Waals surface area contributed by atoms with Gasteiger partial charge in [-0.1, -0.05) is 20.8 Å². The number of nitrogens with one attached hydrogen (secondary N) is 1. The van der Waals surface area contributed by atoms with Crippen molar-refractivity contribution in [2.45, 2.75) is 20.8 Å². The molecule has 0 unspecified atom stereocenters. The summed E-state index contributed by atoms with van der Waals surface area (Å²) in [6.07, 6.45) is 0. The Morgan fingerprint density at radius 3 is 2.50 bits per heavy atom. The number of anilines is 1. The third-order valence-corrected chi connectivity index (χ3v) is 2.79. The fourth-order valence-corrected chi connectivity index (χ4v) is 1.38. The molecule has 1 amide bonds. The van der Waals surface area contributed by atoms with E-state index in [2.05, 4.69) is 21.2 Å². The zero-order chi connectivity index (χ0) is 12.3.